The van der Waals surface area contributed by atoms with E-state index in [4.69, 9.17) is 0 Å². The van der Waals surface area contributed by atoms with E-state index in [9.17, 15) is 14.4 Å². The minimum atomic E-state index is -0.393. The van der Waals surface area contributed by atoms with Gasteiger partial charge >= 0.3 is 0 Å². The molecule has 1 atom stereocenters. The van der Waals surface area contributed by atoms with Gasteiger partial charge in [-0.3, -0.25) is 24.7 Å². The van der Waals surface area contributed by atoms with Crippen molar-refractivity contribution in [3.05, 3.63) is 41.7 Å². The molecule has 1 N–H and O–H groups in total. The summed E-state index contributed by atoms with van der Waals surface area (Å²) in [5.41, 5.74) is 1.28. The number of rotatable bonds is 2. The van der Waals surface area contributed by atoms with Gasteiger partial charge in [-0.1, -0.05) is 0 Å². The van der Waals surface area contributed by atoms with Crippen LogP contribution in [0, 0.1) is 0 Å². The molecule has 1 saturated heterocycles. The second kappa shape index (κ2) is 4.85. The summed E-state index contributed by atoms with van der Waals surface area (Å²) < 4.78 is 0. The van der Waals surface area contributed by atoms with Gasteiger partial charge in [-0.2, -0.15) is 0 Å². The normalized spacial score (nSPS) is 18.9. The minimum Gasteiger partial charge on any atom is -0.298 e. The van der Waals surface area contributed by atoms with Crippen LogP contribution in [0.15, 0.2) is 30.6 Å². The number of aldehydes is 1. The highest BCUT2D eigenvalue weighted by Crippen LogP contribution is 2.29. The van der Waals surface area contributed by atoms with E-state index in [2.05, 4.69) is 10.3 Å². The number of imide groups is 1. The quantitative estimate of drug-likeness (QED) is 0.662. The van der Waals surface area contributed by atoms with E-state index in [-0.39, 0.29) is 11.8 Å². The molecular formula is C15H12N2O3. The monoisotopic (exact) mass is 268 g/mol. The average molecular weight is 268 g/mol. The summed E-state index contributed by atoms with van der Waals surface area (Å²) >= 11 is 0. The first-order chi connectivity index (χ1) is 9.69. The van der Waals surface area contributed by atoms with Crippen molar-refractivity contribution in [3.8, 4) is 0 Å². The molecule has 2 aromatic rings. The maximum atomic E-state index is 11.9. The Bertz CT molecular complexity index is 724. The van der Waals surface area contributed by atoms with Crippen LogP contribution in [0.5, 0.6) is 0 Å². The number of carbonyl (C=O) groups is 3. The van der Waals surface area contributed by atoms with Gasteiger partial charge in [-0.15, -0.1) is 0 Å². The molecule has 1 aliphatic heterocycles. The van der Waals surface area contributed by atoms with Crippen molar-refractivity contribution in [2.24, 2.45) is 0 Å². The molecule has 3 rings (SSSR count). The zero-order chi connectivity index (χ0) is 14.1. The van der Waals surface area contributed by atoms with Crippen LogP contribution in [0.4, 0.5) is 0 Å². The number of fused-ring (bicyclic) bond motifs is 1. The Balaban J connectivity index is 2.10. The van der Waals surface area contributed by atoms with E-state index in [1.54, 1.807) is 24.5 Å². The lowest BCUT2D eigenvalue weighted by atomic mass is 9.88. The molecule has 1 aromatic carbocycles. The molecule has 100 valence electrons. The Kier molecular flexibility index (Phi) is 3.02. The van der Waals surface area contributed by atoms with Crippen LogP contribution in [0.1, 0.15) is 34.7 Å². The molecule has 1 aliphatic rings. The van der Waals surface area contributed by atoms with E-state index >= 15 is 0 Å². The third kappa shape index (κ3) is 2.07. The van der Waals surface area contributed by atoms with Gasteiger partial charge < -0.3 is 0 Å². The predicted molar refractivity (Wildman–Crippen MR) is 72.3 cm³/mol. The van der Waals surface area contributed by atoms with E-state index in [0.717, 1.165) is 22.6 Å². The number of hydrogen-bond donors (Lipinski definition) is 1. The van der Waals surface area contributed by atoms with Crippen LogP contribution in [-0.4, -0.2) is 23.1 Å². The molecular weight excluding hydrogens is 256 g/mol. The molecule has 1 aromatic heterocycles. The van der Waals surface area contributed by atoms with Gasteiger partial charge in [0.1, 0.15) is 0 Å². The van der Waals surface area contributed by atoms with Gasteiger partial charge in [-0.25, -0.2) is 0 Å². The number of hydrogen-bond acceptors (Lipinski definition) is 4. The predicted octanol–water partition coefficient (Wildman–Crippen LogP) is 1.57. The number of pyridine rings is 1. The fourth-order valence-corrected chi connectivity index (χ4v) is 2.57. The van der Waals surface area contributed by atoms with Crippen LogP contribution in [0.25, 0.3) is 10.8 Å². The molecule has 5 nitrogen and oxygen atoms in total. The number of benzene rings is 1. The van der Waals surface area contributed by atoms with Gasteiger partial charge in [0.15, 0.2) is 6.29 Å². The van der Waals surface area contributed by atoms with Crippen molar-refractivity contribution < 1.29 is 14.4 Å². The maximum Gasteiger partial charge on any atom is 0.234 e. The van der Waals surface area contributed by atoms with E-state index in [1.165, 1.54) is 0 Å². The molecule has 0 radical (unpaired) electrons. The van der Waals surface area contributed by atoms with Crippen LogP contribution in [0.3, 0.4) is 0 Å². The Hall–Kier alpha value is -2.56. The second-order valence-electron chi connectivity index (χ2n) is 4.83. The maximum absolute atomic E-state index is 11.9. The summed E-state index contributed by atoms with van der Waals surface area (Å²) in [4.78, 5) is 38.3. The minimum absolute atomic E-state index is 0.246. The first kappa shape index (κ1) is 12.5. The van der Waals surface area contributed by atoms with Crippen molar-refractivity contribution in [2.75, 3.05) is 0 Å². The molecule has 5 heteroatoms. The molecule has 0 bridgehead atoms. The number of amides is 2. The number of nitrogens with zero attached hydrogens (tertiary/aromatic N) is 1. The lowest BCUT2D eigenvalue weighted by molar-refractivity contribution is -0.134. The highest BCUT2D eigenvalue weighted by atomic mass is 16.2. The van der Waals surface area contributed by atoms with E-state index in [0.29, 0.717) is 18.4 Å². The van der Waals surface area contributed by atoms with Crippen LogP contribution in [-0.2, 0) is 9.59 Å². The molecule has 2 amide bonds. The SMILES string of the molecule is O=Cc1cc(C2CCC(=O)NC2=O)cc2cnccc12. The number of aromatic nitrogens is 1. The summed E-state index contributed by atoms with van der Waals surface area (Å²) in [6.07, 6.45) is 4.85. The summed E-state index contributed by atoms with van der Waals surface area (Å²) in [7, 11) is 0. The largest absolute Gasteiger partial charge is 0.298 e. The van der Waals surface area contributed by atoms with Crippen LogP contribution >= 0.6 is 0 Å². The van der Waals surface area contributed by atoms with Gasteiger partial charge in [0.2, 0.25) is 11.8 Å². The topological polar surface area (TPSA) is 76.1 Å². The number of piperidine rings is 1. The smallest absolute Gasteiger partial charge is 0.234 e. The first-order valence-electron chi connectivity index (χ1n) is 6.35. The highest BCUT2D eigenvalue weighted by molar-refractivity contribution is 6.03. The Morgan fingerprint density at radius 1 is 1.30 bits per heavy atom. The molecule has 0 spiro atoms. The fraction of sp³-hybridized carbons (Fsp3) is 0.200. The van der Waals surface area contributed by atoms with Crippen molar-refractivity contribution >= 4 is 28.9 Å². The Morgan fingerprint density at radius 2 is 2.15 bits per heavy atom. The zero-order valence-electron chi connectivity index (χ0n) is 10.6. The second-order valence-corrected chi connectivity index (χ2v) is 4.83. The third-order valence-electron chi connectivity index (χ3n) is 3.58. The summed E-state index contributed by atoms with van der Waals surface area (Å²) in [6.45, 7) is 0. The van der Waals surface area contributed by atoms with Crippen molar-refractivity contribution in [1.82, 2.24) is 10.3 Å². The summed E-state index contributed by atoms with van der Waals surface area (Å²) in [5, 5.41) is 3.96. The first-order valence-corrected chi connectivity index (χ1v) is 6.35. The van der Waals surface area contributed by atoms with Gasteiger partial charge in [0.25, 0.3) is 0 Å². The van der Waals surface area contributed by atoms with Crippen molar-refractivity contribution in [2.45, 2.75) is 18.8 Å². The molecule has 0 aliphatic carbocycles. The lowest BCUT2D eigenvalue weighted by Gasteiger charge is -2.21. The fourth-order valence-electron chi connectivity index (χ4n) is 2.57. The van der Waals surface area contributed by atoms with E-state index < -0.39 is 5.92 Å². The Morgan fingerprint density at radius 3 is 2.90 bits per heavy atom. The summed E-state index contributed by atoms with van der Waals surface area (Å²) in [5.74, 6) is -0.943. The molecule has 1 unspecified atom stereocenters. The van der Waals surface area contributed by atoms with Crippen LogP contribution < -0.4 is 5.32 Å². The number of nitrogens with one attached hydrogen (secondary N) is 1. The summed E-state index contributed by atoms with van der Waals surface area (Å²) in [6, 6.07) is 5.35. The standard InChI is InChI=1S/C15H12N2O3/c18-8-11-6-9(5-10-7-16-4-3-12(10)11)13-1-2-14(19)17-15(13)20/h3-8,13H,1-2H2,(H,17,19,20). The average Bonchev–Trinajstić information content (AvgIpc) is 2.46. The molecule has 1 fully saturated rings. The molecule has 20 heavy (non-hydrogen) atoms. The number of carbonyl (C=O) groups excluding carboxylic acids is 3. The highest BCUT2D eigenvalue weighted by Gasteiger charge is 2.28. The molecule has 2 heterocycles. The third-order valence-corrected chi connectivity index (χ3v) is 3.58. The van der Waals surface area contributed by atoms with Gasteiger partial charge in [-0.05, 0) is 35.6 Å². The van der Waals surface area contributed by atoms with Crippen molar-refractivity contribution in [1.29, 1.82) is 0 Å². The van der Waals surface area contributed by atoms with Crippen LogP contribution in [0.2, 0.25) is 0 Å². The van der Waals surface area contributed by atoms with E-state index in [1.807, 2.05) is 6.07 Å². The lowest BCUT2D eigenvalue weighted by Crippen LogP contribution is -2.39. The Labute approximate surface area is 115 Å². The van der Waals surface area contributed by atoms with Crippen molar-refractivity contribution in [3.63, 3.8) is 0 Å². The van der Waals surface area contributed by atoms with Gasteiger partial charge in [0.05, 0.1) is 5.92 Å². The van der Waals surface area contributed by atoms with Gasteiger partial charge in [0, 0.05) is 29.8 Å². The molecule has 0 saturated carbocycles. The zero-order valence-corrected chi connectivity index (χ0v) is 10.6.